The van der Waals surface area contributed by atoms with Crippen molar-refractivity contribution in [3.8, 4) is 0 Å². The molecule has 2 heterocycles. The third-order valence-corrected chi connectivity index (χ3v) is 3.32. The molecule has 1 aromatic heterocycles. The molecule has 1 aromatic rings. The first-order chi connectivity index (χ1) is 6.77. The Morgan fingerprint density at radius 3 is 3.43 bits per heavy atom. The fourth-order valence-electron chi connectivity index (χ4n) is 2.70. The first kappa shape index (κ1) is 8.24. The third kappa shape index (κ3) is 1.12. The molecule has 0 spiro atoms. The third-order valence-electron chi connectivity index (χ3n) is 3.32. The molecular formula is C11H14N2O. The van der Waals surface area contributed by atoms with Crippen LogP contribution in [0.1, 0.15) is 37.3 Å². The Morgan fingerprint density at radius 1 is 1.57 bits per heavy atom. The Bertz CT molecular complexity index is 366. The van der Waals surface area contributed by atoms with Crippen molar-refractivity contribution in [3.05, 3.63) is 24.0 Å². The summed E-state index contributed by atoms with van der Waals surface area (Å²) >= 11 is 0. The van der Waals surface area contributed by atoms with E-state index in [1.165, 1.54) is 0 Å². The number of pyridine rings is 1. The molecule has 0 saturated heterocycles. The molecular weight excluding hydrogens is 176 g/mol. The van der Waals surface area contributed by atoms with Crippen LogP contribution in [0.15, 0.2) is 18.3 Å². The van der Waals surface area contributed by atoms with Crippen LogP contribution >= 0.6 is 0 Å². The first-order valence-electron chi connectivity index (χ1n) is 5.22. The molecule has 2 N–H and O–H groups in total. The number of aromatic nitrogens is 1. The van der Waals surface area contributed by atoms with Crippen LogP contribution in [0.5, 0.6) is 0 Å². The monoisotopic (exact) mass is 190 g/mol. The smallest absolute Gasteiger partial charge is 0.136 e. The van der Waals surface area contributed by atoms with Gasteiger partial charge in [-0.3, -0.25) is 4.98 Å². The summed E-state index contributed by atoms with van der Waals surface area (Å²) in [5.41, 5.74) is 1.49. The predicted octanol–water partition coefficient (Wildman–Crippen LogP) is 1.85. The first-order valence-corrected chi connectivity index (χ1v) is 5.22. The van der Waals surface area contributed by atoms with E-state index in [1.807, 2.05) is 18.3 Å². The Morgan fingerprint density at radius 2 is 2.50 bits per heavy atom. The Kier molecular flexibility index (Phi) is 1.59. The summed E-state index contributed by atoms with van der Waals surface area (Å²) in [4.78, 5) is 4.40. The van der Waals surface area contributed by atoms with E-state index >= 15 is 0 Å². The van der Waals surface area contributed by atoms with Crippen molar-refractivity contribution < 1.29 is 5.11 Å². The molecule has 3 rings (SSSR count). The van der Waals surface area contributed by atoms with E-state index in [4.69, 9.17) is 0 Å². The van der Waals surface area contributed by atoms with Gasteiger partial charge in [-0.05, 0) is 31.4 Å². The van der Waals surface area contributed by atoms with Gasteiger partial charge < -0.3 is 10.4 Å². The van der Waals surface area contributed by atoms with Gasteiger partial charge in [-0.15, -0.1) is 0 Å². The van der Waals surface area contributed by atoms with Crippen LogP contribution in [0.4, 0.5) is 5.69 Å². The lowest BCUT2D eigenvalue weighted by Crippen LogP contribution is -2.45. The standard InChI is InChI=1S/C11H14N2O/c14-11-5-1-3-8(7-11)10-9(13-11)4-2-6-12-10/h2,4,6,8,13-14H,1,3,5,7H2/t8-,11-/m0/s1. The number of hydrogen-bond donors (Lipinski definition) is 2. The summed E-state index contributed by atoms with van der Waals surface area (Å²) in [6.07, 6.45) is 5.76. The number of nitrogens with one attached hydrogen (secondary N) is 1. The van der Waals surface area contributed by atoms with E-state index in [1.54, 1.807) is 0 Å². The average molecular weight is 190 g/mol. The zero-order chi connectivity index (χ0) is 9.60. The van der Waals surface area contributed by atoms with E-state index in [0.717, 1.165) is 37.1 Å². The van der Waals surface area contributed by atoms with Gasteiger partial charge in [0.25, 0.3) is 0 Å². The highest BCUT2D eigenvalue weighted by Gasteiger charge is 2.40. The maximum atomic E-state index is 10.2. The van der Waals surface area contributed by atoms with Crippen molar-refractivity contribution >= 4 is 5.69 Å². The van der Waals surface area contributed by atoms with Gasteiger partial charge >= 0.3 is 0 Å². The molecule has 2 bridgehead atoms. The minimum atomic E-state index is -0.668. The minimum absolute atomic E-state index is 0.450. The Hall–Kier alpha value is -1.09. The zero-order valence-corrected chi connectivity index (χ0v) is 8.03. The van der Waals surface area contributed by atoms with Crippen LogP contribution in [-0.4, -0.2) is 15.8 Å². The molecule has 0 amide bonds. The molecule has 1 fully saturated rings. The Labute approximate surface area is 83.2 Å². The molecule has 74 valence electrons. The SMILES string of the molecule is O[C@@]12CCC[C@@H](C1)c1ncccc1N2. The van der Waals surface area contributed by atoms with Gasteiger partial charge in [0.1, 0.15) is 5.72 Å². The highest BCUT2D eigenvalue weighted by atomic mass is 16.3. The van der Waals surface area contributed by atoms with Crippen LogP contribution < -0.4 is 5.32 Å². The van der Waals surface area contributed by atoms with E-state index in [9.17, 15) is 5.11 Å². The largest absolute Gasteiger partial charge is 0.371 e. The predicted molar refractivity (Wildman–Crippen MR) is 54.0 cm³/mol. The van der Waals surface area contributed by atoms with Gasteiger partial charge in [-0.25, -0.2) is 0 Å². The number of nitrogens with zero attached hydrogens (tertiary/aromatic N) is 1. The van der Waals surface area contributed by atoms with Crippen LogP contribution in [0.3, 0.4) is 0 Å². The van der Waals surface area contributed by atoms with Crippen molar-refractivity contribution in [2.24, 2.45) is 0 Å². The summed E-state index contributed by atoms with van der Waals surface area (Å²) in [6, 6.07) is 3.92. The quantitative estimate of drug-likeness (QED) is 0.656. The molecule has 3 nitrogen and oxygen atoms in total. The van der Waals surface area contributed by atoms with Gasteiger partial charge in [0.15, 0.2) is 0 Å². The van der Waals surface area contributed by atoms with Crippen LogP contribution in [-0.2, 0) is 0 Å². The maximum absolute atomic E-state index is 10.2. The molecule has 2 atom stereocenters. The second-order valence-electron chi connectivity index (χ2n) is 4.39. The zero-order valence-electron chi connectivity index (χ0n) is 8.03. The fourth-order valence-corrected chi connectivity index (χ4v) is 2.70. The van der Waals surface area contributed by atoms with E-state index in [-0.39, 0.29) is 0 Å². The Balaban J connectivity index is 2.08. The van der Waals surface area contributed by atoms with E-state index < -0.39 is 5.72 Å². The molecule has 0 radical (unpaired) electrons. The lowest BCUT2D eigenvalue weighted by molar-refractivity contribution is 0.0174. The molecule has 3 heteroatoms. The molecule has 2 aliphatic rings. The van der Waals surface area contributed by atoms with Crippen LogP contribution in [0.25, 0.3) is 0 Å². The highest BCUT2D eigenvalue weighted by molar-refractivity contribution is 5.53. The number of rotatable bonds is 0. The highest BCUT2D eigenvalue weighted by Crippen LogP contribution is 2.44. The normalized spacial score (nSPS) is 34.5. The lowest BCUT2D eigenvalue weighted by Gasteiger charge is -2.42. The van der Waals surface area contributed by atoms with E-state index in [2.05, 4.69) is 10.3 Å². The lowest BCUT2D eigenvalue weighted by atomic mass is 9.77. The number of anilines is 1. The van der Waals surface area contributed by atoms with Gasteiger partial charge in [-0.1, -0.05) is 0 Å². The number of aliphatic hydroxyl groups is 1. The summed E-state index contributed by atoms with van der Waals surface area (Å²) in [5.74, 6) is 0.450. The van der Waals surface area contributed by atoms with Crippen LogP contribution in [0, 0.1) is 0 Å². The molecule has 14 heavy (non-hydrogen) atoms. The van der Waals surface area contributed by atoms with Crippen molar-refractivity contribution in [2.75, 3.05) is 5.32 Å². The average Bonchev–Trinajstić information content (AvgIpc) is 2.17. The second kappa shape index (κ2) is 2.70. The molecule has 1 aliphatic carbocycles. The summed E-state index contributed by atoms with van der Waals surface area (Å²) in [5, 5.41) is 13.4. The number of hydrogen-bond acceptors (Lipinski definition) is 3. The second-order valence-corrected chi connectivity index (χ2v) is 4.39. The topological polar surface area (TPSA) is 45.2 Å². The van der Waals surface area contributed by atoms with Crippen LogP contribution in [0.2, 0.25) is 0 Å². The van der Waals surface area contributed by atoms with Crippen molar-refractivity contribution in [1.29, 1.82) is 0 Å². The van der Waals surface area contributed by atoms with Crippen molar-refractivity contribution in [1.82, 2.24) is 4.98 Å². The van der Waals surface area contributed by atoms with Gasteiger partial charge in [0.2, 0.25) is 0 Å². The van der Waals surface area contributed by atoms with Gasteiger partial charge in [-0.2, -0.15) is 0 Å². The molecule has 1 aliphatic heterocycles. The molecule has 0 unspecified atom stereocenters. The summed E-state index contributed by atoms with van der Waals surface area (Å²) in [6.45, 7) is 0. The minimum Gasteiger partial charge on any atom is -0.371 e. The number of fused-ring (bicyclic) bond motifs is 4. The molecule has 1 saturated carbocycles. The summed E-state index contributed by atoms with van der Waals surface area (Å²) < 4.78 is 0. The van der Waals surface area contributed by atoms with E-state index in [0.29, 0.717) is 5.92 Å². The van der Waals surface area contributed by atoms with Crippen molar-refractivity contribution in [3.63, 3.8) is 0 Å². The molecule has 0 aromatic carbocycles. The van der Waals surface area contributed by atoms with Gasteiger partial charge in [0.05, 0.1) is 11.4 Å². The maximum Gasteiger partial charge on any atom is 0.136 e. The van der Waals surface area contributed by atoms with Gasteiger partial charge in [0, 0.05) is 18.5 Å². The summed E-state index contributed by atoms with van der Waals surface area (Å²) in [7, 11) is 0. The van der Waals surface area contributed by atoms with Crippen molar-refractivity contribution in [2.45, 2.75) is 37.3 Å². The fraction of sp³-hybridized carbons (Fsp3) is 0.545.